The molecule has 0 atom stereocenters. The Morgan fingerprint density at radius 2 is 2.06 bits per heavy atom. The molecule has 0 radical (unpaired) electrons. The van der Waals surface area contributed by atoms with E-state index in [9.17, 15) is 4.79 Å². The molecule has 0 bridgehead atoms. The summed E-state index contributed by atoms with van der Waals surface area (Å²) in [5.74, 6) is 0.0708. The quantitative estimate of drug-likeness (QED) is 0.711. The van der Waals surface area contributed by atoms with E-state index < -0.39 is 5.91 Å². The van der Waals surface area contributed by atoms with Crippen molar-refractivity contribution in [2.24, 2.45) is 5.73 Å². The van der Waals surface area contributed by atoms with Gasteiger partial charge in [0.25, 0.3) is 5.91 Å². The van der Waals surface area contributed by atoms with Crippen LogP contribution in [0.15, 0.2) is 12.3 Å². The van der Waals surface area contributed by atoms with Crippen LogP contribution in [0, 0.1) is 0 Å². The third kappa shape index (κ3) is 2.85. The van der Waals surface area contributed by atoms with Gasteiger partial charge >= 0.3 is 0 Å². The van der Waals surface area contributed by atoms with Gasteiger partial charge in [-0.05, 0) is 18.9 Å². The van der Waals surface area contributed by atoms with E-state index >= 15 is 0 Å². The molecule has 0 spiro atoms. The van der Waals surface area contributed by atoms with Crippen LogP contribution in [0.5, 0.6) is 0 Å². The SMILES string of the molecule is NC(=O)c1cc(NN2CCCCC2)ncc1N. The summed E-state index contributed by atoms with van der Waals surface area (Å²) in [4.78, 5) is 15.3. The molecule has 5 N–H and O–H groups in total. The van der Waals surface area contributed by atoms with Crippen LogP contribution in [-0.4, -0.2) is 29.0 Å². The monoisotopic (exact) mass is 235 g/mol. The van der Waals surface area contributed by atoms with Crippen molar-refractivity contribution < 1.29 is 4.79 Å². The molecule has 0 saturated carbocycles. The number of nitrogens with one attached hydrogen (secondary N) is 1. The summed E-state index contributed by atoms with van der Waals surface area (Å²) in [6.45, 7) is 1.97. The largest absolute Gasteiger partial charge is 0.397 e. The van der Waals surface area contributed by atoms with Crippen LogP contribution in [0.3, 0.4) is 0 Å². The minimum Gasteiger partial charge on any atom is -0.397 e. The summed E-state index contributed by atoms with van der Waals surface area (Å²) < 4.78 is 0. The number of carbonyl (C=O) groups excluding carboxylic acids is 1. The number of nitrogen functional groups attached to an aromatic ring is 1. The Balaban J connectivity index is 2.10. The smallest absolute Gasteiger partial charge is 0.250 e. The molecule has 2 rings (SSSR count). The van der Waals surface area contributed by atoms with Gasteiger partial charge in [-0.3, -0.25) is 4.79 Å². The predicted molar refractivity (Wildman–Crippen MR) is 66.2 cm³/mol. The molecule has 0 aliphatic carbocycles. The number of pyridine rings is 1. The first-order chi connectivity index (χ1) is 8.16. The van der Waals surface area contributed by atoms with Gasteiger partial charge in [0.1, 0.15) is 5.82 Å². The van der Waals surface area contributed by atoms with Gasteiger partial charge in [0.2, 0.25) is 0 Å². The summed E-state index contributed by atoms with van der Waals surface area (Å²) in [7, 11) is 0. The van der Waals surface area contributed by atoms with Crippen molar-refractivity contribution in [3.63, 3.8) is 0 Å². The van der Waals surface area contributed by atoms with E-state index in [0.29, 0.717) is 17.1 Å². The van der Waals surface area contributed by atoms with E-state index in [1.807, 2.05) is 0 Å². The van der Waals surface area contributed by atoms with Crippen LogP contribution in [0.25, 0.3) is 0 Å². The second-order valence-electron chi connectivity index (χ2n) is 4.18. The van der Waals surface area contributed by atoms with Crippen LogP contribution in [0.4, 0.5) is 11.5 Å². The van der Waals surface area contributed by atoms with Crippen LogP contribution in [-0.2, 0) is 0 Å². The normalized spacial score (nSPS) is 16.7. The van der Waals surface area contributed by atoms with Gasteiger partial charge in [0.15, 0.2) is 0 Å². The highest BCUT2D eigenvalue weighted by Crippen LogP contribution is 2.16. The third-order valence-corrected chi connectivity index (χ3v) is 2.83. The van der Waals surface area contributed by atoms with Crippen molar-refractivity contribution in [1.29, 1.82) is 0 Å². The van der Waals surface area contributed by atoms with Gasteiger partial charge < -0.3 is 16.9 Å². The first kappa shape index (κ1) is 11.7. The number of nitrogens with two attached hydrogens (primary N) is 2. The number of hydrogen-bond acceptors (Lipinski definition) is 5. The number of nitrogens with zero attached hydrogens (tertiary/aromatic N) is 2. The number of hydrazine groups is 1. The van der Waals surface area contributed by atoms with Gasteiger partial charge in [-0.1, -0.05) is 6.42 Å². The Morgan fingerprint density at radius 3 is 2.71 bits per heavy atom. The zero-order valence-corrected chi connectivity index (χ0v) is 9.65. The zero-order chi connectivity index (χ0) is 12.3. The van der Waals surface area contributed by atoms with Crippen molar-refractivity contribution >= 4 is 17.4 Å². The van der Waals surface area contributed by atoms with Gasteiger partial charge in [0.05, 0.1) is 17.4 Å². The second-order valence-corrected chi connectivity index (χ2v) is 4.18. The predicted octanol–water partition coefficient (Wildman–Crippen LogP) is 0.575. The molecular formula is C11H17N5O. The van der Waals surface area contributed by atoms with Crippen LogP contribution < -0.4 is 16.9 Å². The lowest BCUT2D eigenvalue weighted by molar-refractivity contribution is 0.100. The molecule has 1 saturated heterocycles. The molecule has 1 fully saturated rings. The number of anilines is 2. The van der Waals surface area contributed by atoms with Gasteiger partial charge in [0, 0.05) is 13.1 Å². The van der Waals surface area contributed by atoms with Crippen molar-refractivity contribution in [2.45, 2.75) is 19.3 Å². The fourth-order valence-corrected chi connectivity index (χ4v) is 1.91. The number of rotatable bonds is 3. The van der Waals surface area contributed by atoms with Crippen LogP contribution in [0.1, 0.15) is 29.6 Å². The highest BCUT2D eigenvalue weighted by molar-refractivity contribution is 5.98. The number of amides is 1. The molecule has 1 aromatic heterocycles. The standard InChI is InChI=1S/C11H17N5O/c12-9-7-14-10(6-8(9)11(13)17)15-16-4-2-1-3-5-16/h6-7H,1-5,12H2,(H2,13,17)(H,14,15). The summed E-state index contributed by atoms with van der Waals surface area (Å²) in [5.41, 5.74) is 14.6. The summed E-state index contributed by atoms with van der Waals surface area (Å²) in [5, 5.41) is 2.09. The van der Waals surface area contributed by atoms with E-state index in [-0.39, 0.29) is 0 Å². The molecule has 1 amide bonds. The lowest BCUT2D eigenvalue weighted by Crippen LogP contribution is -2.35. The molecule has 1 aromatic rings. The van der Waals surface area contributed by atoms with Crippen molar-refractivity contribution in [1.82, 2.24) is 9.99 Å². The van der Waals surface area contributed by atoms with E-state index in [1.165, 1.54) is 25.5 Å². The molecule has 1 aliphatic rings. The van der Waals surface area contributed by atoms with E-state index in [2.05, 4.69) is 15.4 Å². The van der Waals surface area contributed by atoms with Gasteiger partial charge in [-0.25, -0.2) is 9.99 Å². The van der Waals surface area contributed by atoms with Crippen LogP contribution in [0.2, 0.25) is 0 Å². The van der Waals surface area contributed by atoms with Gasteiger partial charge in [-0.15, -0.1) is 0 Å². The number of hydrogen-bond donors (Lipinski definition) is 3. The van der Waals surface area contributed by atoms with Gasteiger partial charge in [-0.2, -0.15) is 0 Å². The third-order valence-electron chi connectivity index (χ3n) is 2.83. The number of primary amides is 1. The number of piperidine rings is 1. The maximum Gasteiger partial charge on any atom is 0.250 e. The Morgan fingerprint density at radius 1 is 1.35 bits per heavy atom. The fourth-order valence-electron chi connectivity index (χ4n) is 1.91. The Kier molecular flexibility index (Phi) is 3.43. The van der Waals surface area contributed by atoms with Crippen molar-refractivity contribution in [2.75, 3.05) is 24.2 Å². The summed E-state index contributed by atoms with van der Waals surface area (Å²) >= 11 is 0. The molecular weight excluding hydrogens is 218 g/mol. The van der Waals surface area contributed by atoms with E-state index in [0.717, 1.165) is 13.1 Å². The average molecular weight is 235 g/mol. The first-order valence-corrected chi connectivity index (χ1v) is 5.74. The first-order valence-electron chi connectivity index (χ1n) is 5.74. The highest BCUT2D eigenvalue weighted by Gasteiger charge is 2.12. The second kappa shape index (κ2) is 5.01. The molecule has 0 aromatic carbocycles. The molecule has 1 aliphatic heterocycles. The fraction of sp³-hybridized carbons (Fsp3) is 0.455. The molecule has 0 unspecified atom stereocenters. The lowest BCUT2D eigenvalue weighted by atomic mass is 10.2. The maximum absolute atomic E-state index is 11.1. The molecule has 6 heteroatoms. The lowest BCUT2D eigenvalue weighted by Gasteiger charge is -2.27. The Bertz CT molecular complexity index is 414. The molecule has 17 heavy (non-hydrogen) atoms. The average Bonchev–Trinajstić information content (AvgIpc) is 2.32. The zero-order valence-electron chi connectivity index (χ0n) is 9.65. The highest BCUT2D eigenvalue weighted by atomic mass is 16.1. The molecule has 2 heterocycles. The van der Waals surface area contributed by atoms with Crippen molar-refractivity contribution in [3.8, 4) is 0 Å². The Hall–Kier alpha value is -1.82. The van der Waals surface area contributed by atoms with Crippen LogP contribution >= 0.6 is 0 Å². The van der Waals surface area contributed by atoms with E-state index in [4.69, 9.17) is 11.5 Å². The van der Waals surface area contributed by atoms with E-state index in [1.54, 1.807) is 6.07 Å². The summed E-state index contributed by atoms with van der Waals surface area (Å²) in [6, 6.07) is 1.59. The molecule has 6 nitrogen and oxygen atoms in total. The van der Waals surface area contributed by atoms with Crippen molar-refractivity contribution in [3.05, 3.63) is 17.8 Å². The number of carbonyl (C=O) groups is 1. The minimum absolute atomic E-state index is 0.305. The minimum atomic E-state index is -0.536. The Labute approximate surface area is 100.0 Å². The maximum atomic E-state index is 11.1. The number of aromatic nitrogens is 1. The topological polar surface area (TPSA) is 97.3 Å². The summed E-state index contributed by atoms with van der Waals surface area (Å²) in [6.07, 6.45) is 5.06. The molecule has 92 valence electrons.